The van der Waals surface area contributed by atoms with Crippen LogP contribution in [0.2, 0.25) is 0 Å². The second-order valence-electron chi connectivity index (χ2n) is 8.16. The highest BCUT2D eigenvalue weighted by Crippen LogP contribution is 2.38. The summed E-state index contributed by atoms with van der Waals surface area (Å²) >= 11 is 0. The molecule has 1 unspecified atom stereocenters. The molecule has 22 heavy (non-hydrogen) atoms. The summed E-state index contributed by atoms with van der Waals surface area (Å²) in [6, 6.07) is 2.26. The third-order valence-corrected chi connectivity index (χ3v) is 4.19. The topological polar surface area (TPSA) is 52.0 Å². The Kier molecular flexibility index (Phi) is 6.77. The first kappa shape index (κ1) is 18.9. The van der Waals surface area contributed by atoms with E-state index in [-0.39, 0.29) is 0 Å². The Morgan fingerprint density at radius 2 is 1.14 bits per heavy atom. The quantitative estimate of drug-likeness (QED) is 0.663. The average Bonchev–Trinajstić information content (AvgIpc) is 2.33. The van der Waals surface area contributed by atoms with E-state index in [0.717, 1.165) is 30.6 Å². The summed E-state index contributed by atoms with van der Waals surface area (Å²) in [6.07, 6.45) is 3.18. The molecule has 0 bridgehead atoms. The van der Waals surface area contributed by atoms with E-state index >= 15 is 0 Å². The predicted molar refractivity (Wildman–Crippen MR) is 100 cm³/mol. The average molecular weight is 305 g/mol. The van der Waals surface area contributed by atoms with Crippen LogP contribution in [-0.4, -0.2) is 0 Å². The van der Waals surface area contributed by atoms with Crippen molar-refractivity contribution in [3.05, 3.63) is 22.8 Å². The maximum absolute atomic E-state index is 6.53. The lowest BCUT2D eigenvalue weighted by atomic mass is 9.84. The summed E-state index contributed by atoms with van der Waals surface area (Å²) in [5.41, 5.74) is 18.7. The van der Waals surface area contributed by atoms with Crippen LogP contribution in [0.4, 0.5) is 11.4 Å². The largest absolute Gasteiger partial charge is 0.398 e. The van der Waals surface area contributed by atoms with Gasteiger partial charge < -0.3 is 11.5 Å². The number of anilines is 2. The molecule has 0 saturated carbocycles. The molecule has 0 fully saturated rings. The lowest BCUT2D eigenvalue weighted by Crippen LogP contribution is -2.13. The Labute approximate surface area is 137 Å². The molecule has 1 aromatic rings. The van der Waals surface area contributed by atoms with E-state index in [1.807, 2.05) is 0 Å². The SMILES string of the molecule is CC(C)Cc1cc(CC(C)C)c(N)c(C(C)CC(C)C)c1N. The molecule has 0 spiro atoms. The molecular formula is C20H36N2. The Morgan fingerprint density at radius 1 is 0.727 bits per heavy atom. The van der Waals surface area contributed by atoms with Crippen LogP contribution in [0.3, 0.4) is 0 Å². The van der Waals surface area contributed by atoms with Crippen LogP contribution in [0.1, 0.15) is 77.5 Å². The molecule has 0 saturated heterocycles. The van der Waals surface area contributed by atoms with Gasteiger partial charge in [-0.2, -0.15) is 0 Å². The van der Waals surface area contributed by atoms with Gasteiger partial charge in [-0.05, 0) is 54.1 Å². The Morgan fingerprint density at radius 3 is 1.45 bits per heavy atom. The summed E-state index contributed by atoms with van der Waals surface area (Å²) in [4.78, 5) is 0. The van der Waals surface area contributed by atoms with Crippen molar-refractivity contribution in [2.24, 2.45) is 17.8 Å². The summed E-state index contributed by atoms with van der Waals surface area (Å²) in [7, 11) is 0. The van der Waals surface area contributed by atoms with Crippen molar-refractivity contribution in [1.29, 1.82) is 0 Å². The van der Waals surface area contributed by atoms with Crippen molar-refractivity contribution in [2.45, 2.75) is 73.6 Å². The zero-order valence-corrected chi connectivity index (χ0v) is 15.7. The fourth-order valence-electron chi connectivity index (χ4n) is 3.43. The molecule has 126 valence electrons. The Hall–Kier alpha value is -1.18. The minimum Gasteiger partial charge on any atom is -0.398 e. The van der Waals surface area contributed by atoms with Crippen LogP contribution in [0, 0.1) is 17.8 Å². The van der Waals surface area contributed by atoms with E-state index in [1.165, 1.54) is 16.7 Å². The second-order valence-corrected chi connectivity index (χ2v) is 8.16. The molecule has 1 atom stereocenters. The number of nitrogen functional groups attached to an aromatic ring is 2. The first-order valence-corrected chi connectivity index (χ1v) is 8.82. The molecule has 1 rings (SSSR count). The highest BCUT2D eigenvalue weighted by Gasteiger charge is 2.20. The smallest absolute Gasteiger partial charge is 0.0402 e. The molecular weight excluding hydrogens is 268 g/mol. The number of hydrogen-bond donors (Lipinski definition) is 2. The third kappa shape index (κ3) is 4.93. The summed E-state index contributed by atoms with van der Waals surface area (Å²) in [5, 5.41) is 0. The van der Waals surface area contributed by atoms with Gasteiger partial charge in [0.05, 0.1) is 0 Å². The molecule has 2 nitrogen and oxygen atoms in total. The van der Waals surface area contributed by atoms with E-state index < -0.39 is 0 Å². The third-order valence-electron chi connectivity index (χ3n) is 4.19. The van der Waals surface area contributed by atoms with Gasteiger partial charge >= 0.3 is 0 Å². The van der Waals surface area contributed by atoms with Gasteiger partial charge in [0, 0.05) is 16.9 Å². The Bertz CT molecular complexity index is 453. The van der Waals surface area contributed by atoms with E-state index in [4.69, 9.17) is 11.5 Å². The van der Waals surface area contributed by atoms with Crippen LogP contribution in [0.5, 0.6) is 0 Å². The highest BCUT2D eigenvalue weighted by atomic mass is 14.6. The highest BCUT2D eigenvalue weighted by molar-refractivity contribution is 5.70. The van der Waals surface area contributed by atoms with Crippen LogP contribution in [-0.2, 0) is 12.8 Å². The normalized spacial score (nSPS) is 13.4. The zero-order valence-electron chi connectivity index (χ0n) is 15.7. The molecule has 2 heteroatoms. The number of rotatable bonds is 7. The van der Waals surface area contributed by atoms with E-state index in [2.05, 4.69) is 54.5 Å². The van der Waals surface area contributed by atoms with Crippen molar-refractivity contribution in [3.63, 3.8) is 0 Å². The second kappa shape index (κ2) is 7.89. The summed E-state index contributed by atoms with van der Waals surface area (Å²) < 4.78 is 0. The van der Waals surface area contributed by atoms with E-state index in [0.29, 0.717) is 23.7 Å². The number of hydrogen-bond acceptors (Lipinski definition) is 2. The molecule has 4 N–H and O–H groups in total. The van der Waals surface area contributed by atoms with E-state index in [1.54, 1.807) is 0 Å². The van der Waals surface area contributed by atoms with Gasteiger partial charge in [-0.25, -0.2) is 0 Å². The van der Waals surface area contributed by atoms with Gasteiger partial charge in [0.25, 0.3) is 0 Å². The lowest BCUT2D eigenvalue weighted by molar-refractivity contribution is 0.524. The van der Waals surface area contributed by atoms with Crippen molar-refractivity contribution < 1.29 is 0 Å². The zero-order chi connectivity index (χ0) is 17.0. The van der Waals surface area contributed by atoms with Gasteiger partial charge in [-0.1, -0.05) is 54.5 Å². The number of benzene rings is 1. The van der Waals surface area contributed by atoms with Crippen LogP contribution < -0.4 is 11.5 Å². The standard InChI is InChI=1S/C20H36N2/c1-12(2)8-15(7)18-19(21)16(9-13(3)4)11-17(20(18)22)10-14(5)6/h11-15H,8-10,21-22H2,1-7H3. The number of nitrogens with two attached hydrogens (primary N) is 2. The van der Waals surface area contributed by atoms with E-state index in [9.17, 15) is 0 Å². The molecule has 0 aromatic heterocycles. The molecule has 0 radical (unpaired) electrons. The van der Waals surface area contributed by atoms with Crippen molar-refractivity contribution in [3.8, 4) is 0 Å². The molecule has 0 aliphatic carbocycles. The van der Waals surface area contributed by atoms with Gasteiger partial charge in [0.2, 0.25) is 0 Å². The minimum absolute atomic E-state index is 0.415. The fraction of sp³-hybridized carbons (Fsp3) is 0.700. The van der Waals surface area contributed by atoms with Gasteiger partial charge in [0.15, 0.2) is 0 Å². The minimum atomic E-state index is 0.415. The van der Waals surface area contributed by atoms with Crippen molar-refractivity contribution in [2.75, 3.05) is 11.5 Å². The molecule has 1 aromatic carbocycles. The maximum atomic E-state index is 6.53. The molecule has 0 aliphatic heterocycles. The van der Waals surface area contributed by atoms with Crippen LogP contribution in [0.25, 0.3) is 0 Å². The van der Waals surface area contributed by atoms with Crippen molar-refractivity contribution >= 4 is 11.4 Å². The first-order chi connectivity index (χ1) is 10.1. The van der Waals surface area contributed by atoms with Crippen LogP contribution >= 0.6 is 0 Å². The molecule has 0 aliphatic rings. The maximum Gasteiger partial charge on any atom is 0.0402 e. The van der Waals surface area contributed by atoms with Gasteiger partial charge in [-0.15, -0.1) is 0 Å². The lowest BCUT2D eigenvalue weighted by Gasteiger charge is -2.24. The monoisotopic (exact) mass is 304 g/mol. The molecule has 0 heterocycles. The van der Waals surface area contributed by atoms with Crippen LogP contribution in [0.15, 0.2) is 6.07 Å². The fourth-order valence-corrected chi connectivity index (χ4v) is 3.43. The van der Waals surface area contributed by atoms with Gasteiger partial charge in [-0.3, -0.25) is 0 Å². The summed E-state index contributed by atoms with van der Waals surface area (Å²) in [5.74, 6) is 2.27. The summed E-state index contributed by atoms with van der Waals surface area (Å²) in [6.45, 7) is 15.8. The Balaban J connectivity index is 3.37. The molecule has 0 amide bonds. The first-order valence-electron chi connectivity index (χ1n) is 8.82. The predicted octanol–water partition coefficient (Wildman–Crippen LogP) is 5.40. The van der Waals surface area contributed by atoms with Crippen molar-refractivity contribution in [1.82, 2.24) is 0 Å². The van der Waals surface area contributed by atoms with Gasteiger partial charge in [0.1, 0.15) is 0 Å².